The molecule has 0 aromatic carbocycles. The van der Waals surface area contributed by atoms with E-state index in [-0.39, 0.29) is 0 Å². The van der Waals surface area contributed by atoms with Gasteiger partial charge in [-0.25, -0.2) is 0 Å². The minimum atomic E-state index is 0.445. The molecule has 0 amide bonds. The van der Waals surface area contributed by atoms with E-state index in [1.54, 1.807) is 11.3 Å². The summed E-state index contributed by atoms with van der Waals surface area (Å²) in [6.45, 7) is 2.10. The molecule has 1 fully saturated rings. The highest BCUT2D eigenvalue weighted by Gasteiger charge is 2.21. The van der Waals surface area contributed by atoms with Crippen LogP contribution >= 0.6 is 11.3 Å². The molecule has 0 unspecified atom stereocenters. The van der Waals surface area contributed by atoms with Crippen LogP contribution in [-0.4, -0.2) is 23.2 Å². The summed E-state index contributed by atoms with van der Waals surface area (Å²) in [7, 11) is 0. The average molecular weight is 249 g/mol. The molecule has 90 valence electrons. The molecule has 0 aliphatic carbocycles. The van der Waals surface area contributed by atoms with E-state index in [4.69, 9.17) is 4.52 Å². The van der Waals surface area contributed by atoms with Crippen LogP contribution in [0.5, 0.6) is 0 Å². The van der Waals surface area contributed by atoms with Gasteiger partial charge in [-0.3, -0.25) is 0 Å². The molecule has 17 heavy (non-hydrogen) atoms. The van der Waals surface area contributed by atoms with Crippen LogP contribution in [0.3, 0.4) is 0 Å². The van der Waals surface area contributed by atoms with Crippen molar-refractivity contribution in [2.24, 2.45) is 0 Å². The van der Waals surface area contributed by atoms with Gasteiger partial charge in [-0.15, -0.1) is 11.3 Å². The Morgan fingerprint density at radius 2 is 2.29 bits per heavy atom. The van der Waals surface area contributed by atoms with Crippen molar-refractivity contribution < 1.29 is 4.52 Å². The van der Waals surface area contributed by atoms with E-state index in [1.807, 2.05) is 6.07 Å². The summed E-state index contributed by atoms with van der Waals surface area (Å²) >= 11 is 1.73. The SMILES string of the molecule is c1csc(Cc2noc(C3CCNCC3)n2)c1. The molecule has 0 bridgehead atoms. The molecule has 1 aliphatic rings. The van der Waals surface area contributed by atoms with Crippen molar-refractivity contribution in [2.45, 2.75) is 25.2 Å². The average Bonchev–Trinajstić information content (AvgIpc) is 3.02. The van der Waals surface area contributed by atoms with E-state index in [0.717, 1.165) is 44.1 Å². The molecule has 2 aromatic rings. The monoisotopic (exact) mass is 249 g/mol. The fourth-order valence-electron chi connectivity index (χ4n) is 2.14. The number of hydrogen-bond acceptors (Lipinski definition) is 5. The Balaban J connectivity index is 1.69. The number of aromatic nitrogens is 2. The quantitative estimate of drug-likeness (QED) is 0.906. The topological polar surface area (TPSA) is 51.0 Å². The highest BCUT2D eigenvalue weighted by Crippen LogP contribution is 2.24. The number of hydrogen-bond donors (Lipinski definition) is 1. The maximum absolute atomic E-state index is 5.37. The van der Waals surface area contributed by atoms with Crippen molar-refractivity contribution in [3.8, 4) is 0 Å². The van der Waals surface area contributed by atoms with E-state index in [0.29, 0.717) is 5.92 Å². The molecule has 1 saturated heterocycles. The van der Waals surface area contributed by atoms with Gasteiger partial charge in [0.25, 0.3) is 0 Å². The van der Waals surface area contributed by atoms with E-state index < -0.39 is 0 Å². The first kappa shape index (κ1) is 10.9. The van der Waals surface area contributed by atoms with Gasteiger partial charge in [0.05, 0.1) is 0 Å². The lowest BCUT2D eigenvalue weighted by molar-refractivity contribution is 0.318. The third-order valence-electron chi connectivity index (χ3n) is 3.08. The summed E-state index contributed by atoms with van der Waals surface area (Å²) < 4.78 is 5.37. The molecule has 2 aromatic heterocycles. The fourth-order valence-corrected chi connectivity index (χ4v) is 2.84. The standard InChI is InChI=1S/C12H15N3OS/c1-2-10(17-7-1)8-11-14-12(16-15-11)9-3-5-13-6-4-9/h1-2,7,9,13H,3-6,8H2. The summed E-state index contributed by atoms with van der Waals surface area (Å²) in [6.07, 6.45) is 2.98. The lowest BCUT2D eigenvalue weighted by atomic mass is 9.98. The van der Waals surface area contributed by atoms with Crippen LogP contribution in [0, 0.1) is 0 Å². The Bertz CT molecular complexity index is 460. The largest absolute Gasteiger partial charge is 0.339 e. The number of piperidine rings is 1. The zero-order chi connectivity index (χ0) is 11.5. The molecule has 5 heteroatoms. The summed E-state index contributed by atoms with van der Waals surface area (Å²) in [4.78, 5) is 5.79. The van der Waals surface area contributed by atoms with E-state index in [1.165, 1.54) is 4.88 Å². The first-order valence-corrected chi connectivity index (χ1v) is 6.85. The Kier molecular flexibility index (Phi) is 3.20. The first-order chi connectivity index (χ1) is 8.42. The minimum absolute atomic E-state index is 0.445. The second-order valence-electron chi connectivity index (χ2n) is 4.33. The maximum Gasteiger partial charge on any atom is 0.229 e. The molecule has 0 spiro atoms. The number of rotatable bonds is 3. The summed E-state index contributed by atoms with van der Waals surface area (Å²) in [5.41, 5.74) is 0. The van der Waals surface area contributed by atoms with Gasteiger partial charge < -0.3 is 9.84 Å². The minimum Gasteiger partial charge on any atom is -0.339 e. The Labute approximate surface area is 104 Å². The summed E-state index contributed by atoms with van der Waals surface area (Å²) in [6, 6.07) is 4.15. The first-order valence-electron chi connectivity index (χ1n) is 5.97. The molecule has 1 N–H and O–H groups in total. The molecule has 0 atom stereocenters. The van der Waals surface area contributed by atoms with Gasteiger partial charge in [0.1, 0.15) is 0 Å². The Hall–Kier alpha value is -1.20. The molecular formula is C12H15N3OS. The molecule has 4 nitrogen and oxygen atoms in total. The summed E-state index contributed by atoms with van der Waals surface area (Å²) in [5, 5.41) is 9.48. The molecule has 0 radical (unpaired) electrons. The molecule has 3 rings (SSSR count). The smallest absolute Gasteiger partial charge is 0.229 e. The van der Waals surface area contributed by atoms with Crippen molar-refractivity contribution in [3.05, 3.63) is 34.1 Å². The van der Waals surface area contributed by atoms with Crippen molar-refractivity contribution in [3.63, 3.8) is 0 Å². The van der Waals surface area contributed by atoms with Gasteiger partial charge >= 0.3 is 0 Å². The highest BCUT2D eigenvalue weighted by molar-refractivity contribution is 7.09. The van der Waals surface area contributed by atoms with Crippen molar-refractivity contribution in [2.75, 3.05) is 13.1 Å². The number of nitrogens with zero attached hydrogens (tertiary/aromatic N) is 2. The molecule has 1 aliphatic heterocycles. The predicted octanol–water partition coefficient (Wildman–Crippen LogP) is 2.19. The van der Waals surface area contributed by atoms with Crippen LogP contribution in [0.1, 0.15) is 35.4 Å². The van der Waals surface area contributed by atoms with E-state index >= 15 is 0 Å². The lowest BCUT2D eigenvalue weighted by Crippen LogP contribution is -2.26. The van der Waals surface area contributed by atoms with Crippen LogP contribution in [-0.2, 0) is 6.42 Å². The zero-order valence-corrected chi connectivity index (χ0v) is 10.4. The molecule has 3 heterocycles. The van der Waals surface area contributed by atoms with Crippen LogP contribution in [0.2, 0.25) is 0 Å². The normalized spacial score (nSPS) is 17.4. The highest BCUT2D eigenvalue weighted by atomic mass is 32.1. The van der Waals surface area contributed by atoms with Gasteiger partial charge in [-0.05, 0) is 37.4 Å². The van der Waals surface area contributed by atoms with Gasteiger partial charge in [0.2, 0.25) is 5.89 Å². The number of nitrogens with one attached hydrogen (secondary N) is 1. The van der Waals surface area contributed by atoms with Crippen LogP contribution < -0.4 is 5.32 Å². The second-order valence-corrected chi connectivity index (χ2v) is 5.36. The third-order valence-corrected chi connectivity index (χ3v) is 3.96. The van der Waals surface area contributed by atoms with Gasteiger partial charge in [0, 0.05) is 17.2 Å². The lowest BCUT2D eigenvalue weighted by Gasteiger charge is -2.18. The predicted molar refractivity (Wildman–Crippen MR) is 66.3 cm³/mol. The van der Waals surface area contributed by atoms with Crippen molar-refractivity contribution in [1.29, 1.82) is 0 Å². The summed E-state index contributed by atoms with van der Waals surface area (Å²) in [5.74, 6) is 2.07. The van der Waals surface area contributed by atoms with Crippen molar-refractivity contribution >= 4 is 11.3 Å². The third kappa shape index (κ3) is 2.56. The molecule has 0 saturated carbocycles. The molecular weight excluding hydrogens is 234 g/mol. The number of thiophene rings is 1. The van der Waals surface area contributed by atoms with Crippen LogP contribution in [0.25, 0.3) is 0 Å². The Morgan fingerprint density at radius 3 is 3.06 bits per heavy atom. The Morgan fingerprint density at radius 1 is 1.41 bits per heavy atom. The van der Waals surface area contributed by atoms with Crippen molar-refractivity contribution in [1.82, 2.24) is 15.5 Å². The second kappa shape index (κ2) is 4.98. The maximum atomic E-state index is 5.37. The van der Waals surface area contributed by atoms with Gasteiger partial charge in [0.15, 0.2) is 5.82 Å². The van der Waals surface area contributed by atoms with Gasteiger partial charge in [-0.1, -0.05) is 11.2 Å². The van der Waals surface area contributed by atoms with E-state index in [9.17, 15) is 0 Å². The van der Waals surface area contributed by atoms with Gasteiger partial charge in [-0.2, -0.15) is 4.98 Å². The fraction of sp³-hybridized carbons (Fsp3) is 0.500. The van der Waals surface area contributed by atoms with E-state index in [2.05, 4.69) is 26.9 Å². The zero-order valence-electron chi connectivity index (χ0n) is 9.56. The van der Waals surface area contributed by atoms with Crippen LogP contribution in [0.15, 0.2) is 22.0 Å². The van der Waals surface area contributed by atoms with Crippen LogP contribution in [0.4, 0.5) is 0 Å².